The van der Waals surface area contributed by atoms with E-state index in [-0.39, 0.29) is 5.60 Å². The molecule has 1 aliphatic heterocycles. The van der Waals surface area contributed by atoms with Crippen LogP contribution in [0.2, 0.25) is 0 Å². The van der Waals surface area contributed by atoms with Crippen molar-refractivity contribution in [2.75, 3.05) is 5.75 Å². The average Bonchev–Trinajstić information content (AvgIpc) is 3.01. The average molecular weight is 319 g/mol. The molecule has 4 rings (SSSR count). The van der Waals surface area contributed by atoms with E-state index in [0.29, 0.717) is 11.5 Å². The summed E-state index contributed by atoms with van der Waals surface area (Å²) >= 11 is 3.66. The molecule has 0 bridgehead atoms. The fourth-order valence-electron chi connectivity index (χ4n) is 3.72. The van der Waals surface area contributed by atoms with Gasteiger partial charge in [0.1, 0.15) is 0 Å². The number of nitrogens with zero attached hydrogens (tertiary/aromatic N) is 1. The summed E-state index contributed by atoms with van der Waals surface area (Å²) in [7, 11) is 0. The highest BCUT2D eigenvalue weighted by Crippen LogP contribution is 2.58. The Morgan fingerprint density at radius 2 is 2.14 bits per heavy atom. The zero-order valence-electron chi connectivity index (χ0n) is 12.6. The van der Waals surface area contributed by atoms with Crippen molar-refractivity contribution >= 4 is 33.3 Å². The van der Waals surface area contributed by atoms with E-state index in [1.807, 2.05) is 11.8 Å². The van der Waals surface area contributed by atoms with Crippen molar-refractivity contribution in [1.82, 2.24) is 4.98 Å². The molecule has 2 aromatic rings. The molecule has 0 N–H and O–H groups in total. The molecule has 1 saturated heterocycles. The fourth-order valence-corrected chi connectivity index (χ4v) is 5.80. The third-order valence-corrected chi connectivity index (χ3v) is 6.88. The summed E-state index contributed by atoms with van der Waals surface area (Å²) < 4.78 is 8.76. The molecular formula is C17H21NOS2. The number of hydrogen-bond donors (Lipinski definition) is 0. The molecule has 2 aliphatic rings. The van der Waals surface area contributed by atoms with Gasteiger partial charge in [0, 0.05) is 5.75 Å². The van der Waals surface area contributed by atoms with Gasteiger partial charge in [0.25, 0.3) is 0 Å². The lowest BCUT2D eigenvalue weighted by Gasteiger charge is -2.41. The van der Waals surface area contributed by atoms with Gasteiger partial charge in [-0.25, -0.2) is 4.98 Å². The topological polar surface area (TPSA) is 22.1 Å². The second kappa shape index (κ2) is 4.97. The van der Waals surface area contributed by atoms with Crippen LogP contribution in [0, 0.1) is 5.41 Å². The monoisotopic (exact) mass is 319 g/mol. The number of aromatic nitrogens is 1. The summed E-state index contributed by atoms with van der Waals surface area (Å²) in [5.74, 6) is 1.03. The largest absolute Gasteiger partial charge is 0.371 e. The van der Waals surface area contributed by atoms with Crippen molar-refractivity contribution in [3.63, 3.8) is 0 Å². The summed E-state index contributed by atoms with van der Waals surface area (Å²) in [6, 6.07) is 8.38. The Morgan fingerprint density at radius 1 is 1.33 bits per heavy atom. The molecule has 1 spiro atoms. The molecule has 0 amide bonds. The first-order valence-electron chi connectivity index (χ1n) is 7.70. The summed E-state index contributed by atoms with van der Waals surface area (Å²) in [6.45, 7) is 4.50. The highest BCUT2D eigenvalue weighted by molar-refractivity contribution is 8.01. The van der Waals surface area contributed by atoms with Crippen LogP contribution in [0.1, 0.15) is 39.5 Å². The van der Waals surface area contributed by atoms with Crippen molar-refractivity contribution in [2.24, 2.45) is 5.41 Å². The molecule has 112 valence electrons. The summed E-state index contributed by atoms with van der Waals surface area (Å²) in [5.41, 5.74) is 1.78. The van der Waals surface area contributed by atoms with Gasteiger partial charge in [0.2, 0.25) is 0 Å². The van der Waals surface area contributed by atoms with E-state index in [4.69, 9.17) is 9.72 Å². The second-order valence-corrected chi connectivity index (χ2v) is 9.44. The molecule has 1 saturated carbocycles. The Hall–Kier alpha value is -0.580. The van der Waals surface area contributed by atoms with Gasteiger partial charge in [-0.05, 0) is 57.1 Å². The number of thiazole rings is 1. The van der Waals surface area contributed by atoms with Gasteiger partial charge in [-0.3, -0.25) is 0 Å². The minimum atomic E-state index is 0.0492. The first-order valence-corrected chi connectivity index (χ1v) is 9.50. The van der Waals surface area contributed by atoms with E-state index >= 15 is 0 Å². The van der Waals surface area contributed by atoms with E-state index in [0.717, 1.165) is 11.3 Å². The molecule has 1 atom stereocenters. The summed E-state index contributed by atoms with van der Waals surface area (Å²) in [5, 5.41) is 0. The summed E-state index contributed by atoms with van der Waals surface area (Å²) in [6.07, 6.45) is 5.68. The molecule has 1 aliphatic carbocycles. The second-order valence-electron chi connectivity index (χ2n) is 7.14. The Kier molecular flexibility index (Phi) is 3.32. The number of para-hydroxylation sites is 1. The predicted octanol–water partition coefficient (Wildman–Crippen LogP) is 5.13. The lowest BCUT2D eigenvalue weighted by Crippen LogP contribution is -2.41. The van der Waals surface area contributed by atoms with Crippen molar-refractivity contribution in [2.45, 2.75) is 55.6 Å². The molecule has 1 aromatic carbocycles. The fraction of sp³-hybridized carbons (Fsp3) is 0.588. The van der Waals surface area contributed by atoms with Crippen LogP contribution in [-0.4, -0.2) is 22.4 Å². The molecule has 2 nitrogen and oxygen atoms in total. The van der Waals surface area contributed by atoms with Gasteiger partial charge >= 0.3 is 0 Å². The Morgan fingerprint density at radius 3 is 2.90 bits per heavy atom. The number of fused-ring (bicyclic) bond motifs is 1. The number of hydrogen-bond acceptors (Lipinski definition) is 4. The number of thioether (sulfide) groups is 1. The standard InChI is InChI=1S/C17H21NOS2/c1-16(2)11-17(7-8-17)9-12(19-16)10-20-15-18-13-5-3-4-6-14(13)21-15/h3-6,12H,7-11H2,1-2H3/t12-/m0/s1. The molecule has 0 radical (unpaired) electrons. The van der Waals surface area contributed by atoms with Gasteiger partial charge in [0.05, 0.1) is 21.9 Å². The van der Waals surface area contributed by atoms with E-state index in [1.54, 1.807) is 11.3 Å². The molecule has 2 fully saturated rings. The van der Waals surface area contributed by atoms with Crippen molar-refractivity contribution in [1.29, 1.82) is 0 Å². The van der Waals surface area contributed by atoms with E-state index in [9.17, 15) is 0 Å². The zero-order chi connectivity index (χ0) is 14.5. The first-order chi connectivity index (χ1) is 10.0. The highest BCUT2D eigenvalue weighted by Gasteiger charge is 2.51. The van der Waals surface area contributed by atoms with E-state index < -0.39 is 0 Å². The normalized spacial score (nSPS) is 26.3. The molecule has 1 aromatic heterocycles. The first kappa shape index (κ1) is 14.0. The molecule has 21 heavy (non-hydrogen) atoms. The van der Waals surface area contributed by atoms with E-state index in [2.05, 4.69) is 38.1 Å². The Balaban J connectivity index is 1.44. The third kappa shape index (κ3) is 2.99. The number of rotatable bonds is 3. The van der Waals surface area contributed by atoms with Crippen LogP contribution in [0.25, 0.3) is 10.2 Å². The van der Waals surface area contributed by atoms with E-state index in [1.165, 1.54) is 34.7 Å². The number of benzene rings is 1. The highest BCUT2D eigenvalue weighted by atomic mass is 32.2. The third-order valence-electron chi connectivity index (χ3n) is 4.57. The molecular weight excluding hydrogens is 298 g/mol. The van der Waals surface area contributed by atoms with Crippen molar-refractivity contribution in [3.8, 4) is 0 Å². The lowest BCUT2D eigenvalue weighted by molar-refractivity contribution is -0.121. The van der Waals surface area contributed by atoms with Crippen LogP contribution in [0.4, 0.5) is 0 Å². The lowest BCUT2D eigenvalue weighted by atomic mass is 9.83. The van der Waals surface area contributed by atoms with Crippen LogP contribution >= 0.6 is 23.1 Å². The smallest absolute Gasteiger partial charge is 0.151 e. The maximum absolute atomic E-state index is 6.30. The minimum absolute atomic E-state index is 0.0492. The zero-order valence-corrected chi connectivity index (χ0v) is 14.2. The Bertz CT molecular complexity index is 621. The Labute approximate surface area is 134 Å². The van der Waals surface area contributed by atoms with Gasteiger partial charge in [-0.1, -0.05) is 23.9 Å². The number of ether oxygens (including phenoxy) is 1. The molecule has 0 unspecified atom stereocenters. The molecule has 4 heteroatoms. The van der Waals surface area contributed by atoms with Crippen molar-refractivity contribution < 1.29 is 4.74 Å². The van der Waals surface area contributed by atoms with Crippen LogP contribution in [0.3, 0.4) is 0 Å². The van der Waals surface area contributed by atoms with Gasteiger partial charge in [-0.15, -0.1) is 11.3 Å². The van der Waals surface area contributed by atoms with Crippen LogP contribution in [-0.2, 0) is 4.74 Å². The van der Waals surface area contributed by atoms with Crippen LogP contribution in [0.5, 0.6) is 0 Å². The van der Waals surface area contributed by atoms with Crippen LogP contribution in [0.15, 0.2) is 28.6 Å². The maximum Gasteiger partial charge on any atom is 0.151 e. The van der Waals surface area contributed by atoms with Crippen LogP contribution < -0.4 is 0 Å². The van der Waals surface area contributed by atoms with Gasteiger partial charge < -0.3 is 4.74 Å². The quantitative estimate of drug-likeness (QED) is 0.733. The van der Waals surface area contributed by atoms with Crippen molar-refractivity contribution in [3.05, 3.63) is 24.3 Å². The minimum Gasteiger partial charge on any atom is -0.371 e. The maximum atomic E-state index is 6.30. The molecule has 2 heterocycles. The SMILES string of the molecule is CC1(C)CC2(CC2)C[C@@H](CSc2nc3ccccc3s2)O1. The summed E-state index contributed by atoms with van der Waals surface area (Å²) in [4.78, 5) is 4.71. The van der Waals surface area contributed by atoms with Gasteiger partial charge in [-0.2, -0.15) is 0 Å². The predicted molar refractivity (Wildman–Crippen MR) is 90.2 cm³/mol. The van der Waals surface area contributed by atoms with Gasteiger partial charge in [0.15, 0.2) is 4.34 Å².